The van der Waals surface area contributed by atoms with E-state index < -0.39 is 0 Å². The van der Waals surface area contributed by atoms with Crippen LogP contribution in [0.5, 0.6) is 0 Å². The molecule has 540 valence electrons. The van der Waals surface area contributed by atoms with Crippen molar-refractivity contribution >= 4 is 54.6 Å². The molecule has 90 heavy (non-hydrogen) atoms. The minimum atomic E-state index is 0.343. The van der Waals surface area contributed by atoms with Gasteiger partial charge >= 0.3 is 0 Å². The summed E-state index contributed by atoms with van der Waals surface area (Å²) >= 11 is 0. The molecule has 15 nitrogen and oxygen atoms in total. The van der Waals surface area contributed by atoms with Gasteiger partial charge in [-0.3, -0.25) is 20.0 Å². The molecule has 0 fully saturated rings. The van der Waals surface area contributed by atoms with E-state index >= 15 is 0 Å². The third-order valence-electron chi connectivity index (χ3n) is 13.3. The summed E-state index contributed by atoms with van der Waals surface area (Å²) in [5.41, 5.74) is 8.57. The Bertz CT molecular complexity index is 1450. The van der Waals surface area contributed by atoms with Crippen molar-refractivity contribution in [2.24, 2.45) is 117 Å². The van der Waals surface area contributed by atoms with Crippen molar-refractivity contribution < 1.29 is 19.2 Å². The molecule has 9 aliphatic rings. The fraction of sp³-hybridized carbons (Fsp3) is 0.880. The summed E-state index contributed by atoms with van der Waals surface area (Å²) < 4.78 is 5.16. The number of hydrogen-bond acceptors (Lipinski definition) is 15. The van der Waals surface area contributed by atoms with Gasteiger partial charge in [0.25, 0.3) is 0 Å². The lowest BCUT2D eigenvalue weighted by Gasteiger charge is -2.12. The Morgan fingerprint density at radius 3 is 1.26 bits per heavy atom. The van der Waals surface area contributed by atoms with Gasteiger partial charge in [0.15, 0.2) is 5.90 Å². The van der Waals surface area contributed by atoms with E-state index in [1.165, 1.54) is 43.5 Å². The first-order valence-electron chi connectivity index (χ1n) is 37.0. The zero-order valence-corrected chi connectivity index (χ0v) is 66.9. The summed E-state index contributed by atoms with van der Waals surface area (Å²) in [6, 6.07) is 1.23. The van der Waals surface area contributed by atoms with Crippen molar-refractivity contribution in [3.05, 3.63) is 0 Å². The number of aliphatic imine (C=N–C) groups is 4. The smallest absolute Gasteiger partial charge is 0.186 e. The molecule has 0 saturated heterocycles. The number of hydrogen-bond donors (Lipinski definition) is 2. The molecular weight excluding hydrogens is 1120 g/mol. The summed E-state index contributed by atoms with van der Waals surface area (Å²) in [6.45, 7) is 81.7. The monoisotopic (exact) mass is 1280 g/mol. The molecule has 0 aromatic carbocycles. The maximum absolute atomic E-state index is 5.16. The zero-order valence-electron chi connectivity index (χ0n) is 66.9. The highest BCUT2D eigenvalue weighted by molar-refractivity contribution is 5.87. The van der Waals surface area contributed by atoms with Crippen LogP contribution < -0.4 is 10.9 Å². The van der Waals surface area contributed by atoms with Gasteiger partial charge in [0.2, 0.25) is 0 Å². The Morgan fingerprint density at radius 2 is 1.06 bits per heavy atom. The Balaban J connectivity index is -0.000000113. The second kappa shape index (κ2) is 80.9. The van der Waals surface area contributed by atoms with Crippen LogP contribution in [0.15, 0.2) is 45.6 Å². The SMILES string of the molecule is CC.CC.CC.CC.CC.CC.CC.CC.CC.CC(C)C1=NCCC1.CC(C)C1=NCCO1.CC(C)C1=NOCC1.CC(C)C1C=NNC1.CC(C)C1C=NOC1.CC(C)C1CC=NC1.CC(C)C1CC=NN1.CC(C)C1CC=NO1.CC(C)C1CCC=N1. The van der Waals surface area contributed by atoms with E-state index in [0.29, 0.717) is 65.5 Å². The Hall–Kier alpha value is -4.17. The van der Waals surface area contributed by atoms with E-state index in [2.05, 4.69) is 181 Å². The molecule has 0 radical (unpaired) electrons. The fourth-order valence-corrected chi connectivity index (χ4v) is 7.38. The van der Waals surface area contributed by atoms with Crippen molar-refractivity contribution in [1.82, 2.24) is 10.9 Å². The highest BCUT2D eigenvalue weighted by Gasteiger charge is 2.19. The second-order valence-electron chi connectivity index (χ2n) is 22.6. The summed E-state index contributed by atoms with van der Waals surface area (Å²) in [4.78, 5) is 31.5. The van der Waals surface area contributed by atoms with Gasteiger partial charge in [-0.25, -0.2) is 0 Å². The van der Waals surface area contributed by atoms with Gasteiger partial charge in [0.05, 0.1) is 30.6 Å². The molecule has 0 amide bonds. The maximum atomic E-state index is 5.16. The fourth-order valence-electron chi connectivity index (χ4n) is 7.38. The average Bonchev–Trinajstić information content (AvgIpc) is 4.50. The number of oxime groups is 3. The largest absolute Gasteiger partial charge is 0.479 e. The highest BCUT2D eigenvalue weighted by atomic mass is 16.6. The number of hydrazone groups is 2. The predicted octanol–water partition coefficient (Wildman–Crippen LogP) is 21.7. The third-order valence-corrected chi connectivity index (χ3v) is 13.3. The number of ether oxygens (including phenoxy) is 1. The summed E-state index contributed by atoms with van der Waals surface area (Å²) in [6.07, 6.45) is 21.4. The quantitative estimate of drug-likeness (QED) is 0.233. The molecule has 0 saturated carbocycles. The molecule has 9 heterocycles. The van der Waals surface area contributed by atoms with Crippen LogP contribution in [-0.2, 0) is 19.2 Å². The first-order valence-corrected chi connectivity index (χ1v) is 37.0. The minimum absolute atomic E-state index is 0.343. The maximum Gasteiger partial charge on any atom is 0.186 e. The lowest BCUT2D eigenvalue weighted by atomic mass is 9.95. The van der Waals surface area contributed by atoms with Gasteiger partial charge in [-0.2, -0.15) is 10.2 Å². The first kappa shape index (κ1) is 105. The van der Waals surface area contributed by atoms with Gasteiger partial charge in [0.1, 0.15) is 25.9 Å². The highest BCUT2D eigenvalue weighted by Crippen LogP contribution is 2.19. The Morgan fingerprint density at radius 1 is 0.478 bits per heavy atom. The second-order valence-corrected chi connectivity index (χ2v) is 22.6. The van der Waals surface area contributed by atoms with Crippen LogP contribution in [0.25, 0.3) is 0 Å². The Kier molecular flexibility index (Phi) is 94.1. The molecule has 0 bridgehead atoms. The normalized spacial score (nSPS) is 20.0. The summed E-state index contributed by atoms with van der Waals surface area (Å²) in [5.74, 6) is 8.97. The average molecular weight is 1280 g/mol. The van der Waals surface area contributed by atoms with Crippen LogP contribution in [0.4, 0.5) is 0 Å². The molecule has 0 aromatic heterocycles. The molecule has 9 aliphatic heterocycles. The predicted molar refractivity (Wildman–Crippen MR) is 412 cm³/mol. The lowest BCUT2D eigenvalue weighted by molar-refractivity contribution is 0.0521. The van der Waals surface area contributed by atoms with Gasteiger partial charge in [-0.05, 0) is 97.8 Å². The molecule has 6 unspecified atom stereocenters. The topological polar surface area (TPSA) is 172 Å². The molecule has 0 aromatic rings. The molecule has 15 heteroatoms. The molecule has 0 aliphatic carbocycles. The van der Waals surface area contributed by atoms with Gasteiger partial charge in [-0.1, -0.05) is 265 Å². The van der Waals surface area contributed by atoms with Crippen molar-refractivity contribution in [2.45, 2.75) is 319 Å². The van der Waals surface area contributed by atoms with Crippen LogP contribution in [0.2, 0.25) is 0 Å². The Labute approximate surface area is 563 Å². The molecule has 0 spiro atoms. The van der Waals surface area contributed by atoms with E-state index in [0.717, 1.165) is 94.8 Å². The third kappa shape index (κ3) is 64.0. The van der Waals surface area contributed by atoms with Crippen LogP contribution in [-0.4, -0.2) is 119 Å². The number of nitrogens with one attached hydrogen (secondary N) is 2. The van der Waals surface area contributed by atoms with Crippen molar-refractivity contribution in [3.63, 3.8) is 0 Å². The van der Waals surface area contributed by atoms with Crippen LogP contribution in [0.3, 0.4) is 0 Å². The van der Waals surface area contributed by atoms with Crippen LogP contribution in [0, 0.1) is 71.0 Å². The van der Waals surface area contributed by atoms with E-state index in [1.807, 2.05) is 162 Å². The molecule has 9 rings (SSSR count). The minimum Gasteiger partial charge on any atom is -0.479 e. The van der Waals surface area contributed by atoms with Crippen molar-refractivity contribution in [3.8, 4) is 0 Å². The number of rotatable bonds is 9. The number of nitrogens with zero attached hydrogens (tertiary/aromatic N) is 9. The van der Waals surface area contributed by atoms with Crippen LogP contribution in [0.1, 0.15) is 301 Å². The summed E-state index contributed by atoms with van der Waals surface area (Å²) in [7, 11) is 0. The van der Waals surface area contributed by atoms with E-state index in [1.54, 1.807) is 0 Å². The van der Waals surface area contributed by atoms with E-state index in [4.69, 9.17) is 19.2 Å². The first-order chi connectivity index (χ1) is 43.2. The molecular formula is C75H161N11O4. The lowest BCUT2D eigenvalue weighted by Crippen LogP contribution is -2.24. The van der Waals surface area contributed by atoms with Crippen LogP contribution >= 0.6 is 0 Å². The van der Waals surface area contributed by atoms with E-state index in [-0.39, 0.29) is 0 Å². The van der Waals surface area contributed by atoms with Crippen molar-refractivity contribution in [1.29, 1.82) is 0 Å². The molecule has 6 atom stereocenters. The summed E-state index contributed by atoms with van der Waals surface area (Å²) in [5, 5.41) is 19.0. The zero-order chi connectivity index (χ0) is 71.8. The van der Waals surface area contributed by atoms with Crippen molar-refractivity contribution in [2.75, 3.05) is 46.0 Å². The van der Waals surface area contributed by atoms with E-state index in [9.17, 15) is 0 Å². The van der Waals surface area contributed by atoms with Gasteiger partial charge < -0.3 is 30.1 Å². The standard InChI is InChI=1S/3C7H13N.2C6H12N2.4C6H11NO.9C2H6/c1-6(2)7-3-4-8-5-7;2*1-6(2)7-4-3-5-8-7;1-5(2)6-3-7-8-4-6;1-5(2)6-3-4-7-8-6;1-5(2)6-3-7-8-4-6;1-5(2)6-7-3-4-8-6;1-5(2)6-3-4-8-7-6;1-5(2)6-3-4-7-8-6;9*1-2/h4,6-7H,3,5H2,1-2H3;6H,3-5H2,1-2H3;5-7H,3-4H2,1-2H3;3,5-6,8H,4H2,1-2H3;4-6,8H,3H2,1-2H3;3,5-6H,4H2,1-2H3;2*5H,3-4H2,1-2H3;4-6H,3H2,1-2H3;9*1-2H3. The molecule has 2 N–H and O–H groups in total. The van der Waals surface area contributed by atoms with Gasteiger partial charge in [-0.15, -0.1) is 0 Å². The van der Waals surface area contributed by atoms with Gasteiger partial charge in [0, 0.05) is 81.0 Å².